The Balaban J connectivity index is 3.13. The van der Waals surface area contributed by atoms with Crippen LogP contribution in [0, 0.1) is 12.8 Å². The molecule has 41 valence electrons. The van der Waals surface area contributed by atoms with Gasteiger partial charge in [0, 0.05) is 6.42 Å². The molecule has 0 saturated carbocycles. The van der Waals surface area contributed by atoms with Crippen LogP contribution in [0.2, 0.25) is 0 Å². The van der Waals surface area contributed by atoms with Crippen molar-refractivity contribution in [3.05, 3.63) is 6.92 Å². The van der Waals surface area contributed by atoms with Gasteiger partial charge in [-0.15, -0.1) is 0 Å². The van der Waals surface area contributed by atoms with Gasteiger partial charge in [0.1, 0.15) is 0 Å². The maximum absolute atomic E-state index is 9.99. The number of rotatable bonds is 2. The van der Waals surface area contributed by atoms with Crippen molar-refractivity contribution in [3.63, 3.8) is 0 Å². The lowest BCUT2D eigenvalue weighted by Gasteiger charge is -1.95. The first-order valence-corrected chi connectivity index (χ1v) is 2.24. The van der Waals surface area contributed by atoms with Gasteiger partial charge in [0.2, 0.25) is 5.91 Å². The summed E-state index contributed by atoms with van der Waals surface area (Å²) in [5.41, 5.74) is 4.81. The van der Waals surface area contributed by atoms with Crippen molar-refractivity contribution in [1.29, 1.82) is 0 Å². The first-order chi connectivity index (χ1) is 3.13. The third-order valence-electron chi connectivity index (χ3n) is 0.550. The van der Waals surface area contributed by atoms with Crippen LogP contribution in [0.1, 0.15) is 13.3 Å². The fourth-order valence-electron chi connectivity index (χ4n) is 0.343. The molecule has 0 aliphatic heterocycles. The number of hydrogen-bond acceptors (Lipinski definition) is 1. The summed E-state index contributed by atoms with van der Waals surface area (Å²) in [5.74, 6) is -0.125. The lowest BCUT2D eigenvalue weighted by Crippen LogP contribution is -2.12. The smallest absolute Gasteiger partial charge is 0.217 e. The summed E-state index contributed by atoms with van der Waals surface area (Å²) in [6.07, 6.45) is 0.389. The van der Waals surface area contributed by atoms with Crippen molar-refractivity contribution in [3.8, 4) is 0 Å². The van der Waals surface area contributed by atoms with Gasteiger partial charge in [-0.3, -0.25) is 4.79 Å². The number of carbonyl (C=O) groups is 1. The van der Waals surface area contributed by atoms with E-state index < -0.39 is 0 Å². The van der Waals surface area contributed by atoms with Crippen LogP contribution in [0.3, 0.4) is 0 Å². The highest BCUT2D eigenvalue weighted by molar-refractivity contribution is 5.73. The van der Waals surface area contributed by atoms with Gasteiger partial charge in [-0.1, -0.05) is 6.92 Å². The van der Waals surface area contributed by atoms with Gasteiger partial charge >= 0.3 is 0 Å². The van der Waals surface area contributed by atoms with E-state index in [9.17, 15) is 4.79 Å². The van der Waals surface area contributed by atoms with Crippen LogP contribution in [0.5, 0.6) is 0 Å². The quantitative estimate of drug-likeness (QED) is 0.534. The predicted molar refractivity (Wildman–Crippen MR) is 28.3 cm³/mol. The molecule has 0 heterocycles. The van der Waals surface area contributed by atoms with Crippen LogP contribution in [0.15, 0.2) is 0 Å². The molecule has 0 bridgehead atoms. The van der Waals surface area contributed by atoms with Crippen LogP contribution in [-0.4, -0.2) is 5.91 Å². The molecule has 2 N–H and O–H groups in total. The molecule has 0 aromatic heterocycles. The molecule has 0 fully saturated rings. The summed E-state index contributed by atoms with van der Waals surface area (Å²) in [7, 11) is 0. The van der Waals surface area contributed by atoms with Gasteiger partial charge in [0.15, 0.2) is 0 Å². The Kier molecular flexibility index (Phi) is 2.41. The van der Waals surface area contributed by atoms with Gasteiger partial charge in [0.25, 0.3) is 0 Å². The Labute approximate surface area is 43.7 Å². The van der Waals surface area contributed by atoms with Crippen LogP contribution < -0.4 is 5.73 Å². The maximum Gasteiger partial charge on any atom is 0.217 e. The zero-order chi connectivity index (χ0) is 5.86. The first-order valence-electron chi connectivity index (χ1n) is 2.24. The molecule has 0 spiro atoms. The Bertz CT molecular complexity index is 68.5. The molecule has 1 radical (unpaired) electrons. The Morgan fingerprint density at radius 2 is 2.43 bits per heavy atom. The SMILES string of the molecule is [CH2]C(C)CC(N)=O. The van der Waals surface area contributed by atoms with E-state index >= 15 is 0 Å². The van der Waals surface area contributed by atoms with Crippen molar-refractivity contribution in [2.24, 2.45) is 11.7 Å². The minimum atomic E-state index is -0.275. The lowest BCUT2D eigenvalue weighted by atomic mass is 10.1. The van der Waals surface area contributed by atoms with E-state index in [4.69, 9.17) is 5.73 Å². The van der Waals surface area contributed by atoms with Crippen LogP contribution >= 0.6 is 0 Å². The topological polar surface area (TPSA) is 43.1 Å². The molecule has 0 aliphatic rings. The summed E-state index contributed by atoms with van der Waals surface area (Å²) in [4.78, 5) is 9.99. The van der Waals surface area contributed by atoms with E-state index in [1.807, 2.05) is 6.92 Å². The Hall–Kier alpha value is -0.530. The van der Waals surface area contributed by atoms with Crippen molar-refractivity contribution < 1.29 is 4.79 Å². The second kappa shape index (κ2) is 2.61. The van der Waals surface area contributed by atoms with E-state index in [0.717, 1.165) is 0 Å². The highest BCUT2D eigenvalue weighted by Crippen LogP contribution is 1.94. The highest BCUT2D eigenvalue weighted by atomic mass is 16.1. The molecule has 0 aromatic carbocycles. The molecule has 1 amide bonds. The average molecular weight is 100 g/mol. The molecular weight excluding hydrogens is 90.1 g/mol. The molecule has 0 aliphatic carbocycles. The zero-order valence-electron chi connectivity index (χ0n) is 4.48. The number of carbonyl (C=O) groups excluding carboxylic acids is 1. The van der Waals surface area contributed by atoms with E-state index in [2.05, 4.69) is 6.92 Å². The second-order valence-corrected chi connectivity index (χ2v) is 1.78. The van der Waals surface area contributed by atoms with Gasteiger partial charge in [-0.05, 0) is 12.8 Å². The first kappa shape index (κ1) is 6.47. The summed E-state index contributed by atoms with van der Waals surface area (Å²) in [5, 5.41) is 0. The van der Waals surface area contributed by atoms with Crippen LogP contribution in [0.4, 0.5) is 0 Å². The third-order valence-corrected chi connectivity index (χ3v) is 0.550. The van der Waals surface area contributed by atoms with Gasteiger partial charge < -0.3 is 5.73 Å². The Morgan fingerprint density at radius 3 is 2.43 bits per heavy atom. The van der Waals surface area contributed by atoms with Gasteiger partial charge in [-0.2, -0.15) is 0 Å². The number of amides is 1. The second-order valence-electron chi connectivity index (χ2n) is 1.78. The molecule has 7 heavy (non-hydrogen) atoms. The number of primary amides is 1. The minimum absolute atomic E-state index is 0.150. The fourth-order valence-corrected chi connectivity index (χ4v) is 0.343. The number of nitrogens with two attached hydrogens (primary N) is 1. The molecule has 2 nitrogen and oxygen atoms in total. The third kappa shape index (κ3) is 5.47. The van der Waals surface area contributed by atoms with Gasteiger partial charge in [0.05, 0.1) is 0 Å². The largest absolute Gasteiger partial charge is 0.370 e. The molecular formula is C5H10NO. The summed E-state index contributed by atoms with van der Waals surface area (Å²) in [6, 6.07) is 0. The normalized spacial score (nSPS) is 9.57. The Morgan fingerprint density at radius 1 is 2.00 bits per heavy atom. The van der Waals surface area contributed by atoms with E-state index in [1.165, 1.54) is 0 Å². The van der Waals surface area contributed by atoms with Crippen molar-refractivity contribution in [1.82, 2.24) is 0 Å². The molecule has 0 aromatic rings. The summed E-state index contributed by atoms with van der Waals surface area (Å²) < 4.78 is 0. The summed E-state index contributed by atoms with van der Waals surface area (Å²) in [6.45, 7) is 5.43. The molecule has 0 rings (SSSR count). The molecule has 0 saturated heterocycles. The van der Waals surface area contributed by atoms with Crippen LogP contribution in [-0.2, 0) is 4.79 Å². The molecule has 2 heteroatoms. The summed E-state index contributed by atoms with van der Waals surface area (Å²) >= 11 is 0. The fraction of sp³-hybridized carbons (Fsp3) is 0.600. The maximum atomic E-state index is 9.99. The monoisotopic (exact) mass is 100 g/mol. The molecule has 1 unspecified atom stereocenters. The lowest BCUT2D eigenvalue weighted by molar-refractivity contribution is -0.118. The molecule has 1 atom stereocenters. The van der Waals surface area contributed by atoms with Crippen molar-refractivity contribution in [2.75, 3.05) is 0 Å². The zero-order valence-corrected chi connectivity index (χ0v) is 4.48. The highest BCUT2D eigenvalue weighted by Gasteiger charge is 1.96. The standard InChI is InChI=1S/C5H10NO/c1-4(2)3-5(6)7/h4H,1,3H2,2H3,(H2,6,7). The van der Waals surface area contributed by atoms with Gasteiger partial charge in [-0.25, -0.2) is 0 Å². The van der Waals surface area contributed by atoms with E-state index in [1.54, 1.807) is 0 Å². The van der Waals surface area contributed by atoms with Crippen molar-refractivity contribution in [2.45, 2.75) is 13.3 Å². The average Bonchev–Trinajstić information content (AvgIpc) is 1.27. The van der Waals surface area contributed by atoms with Crippen LogP contribution in [0.25, 0.3) is 0 Å². The minimum Gasteiger partial charge on any atom is -0.370 e. The number of hydrogen-bond donors (Lipinski definition) is 1. The van der Waals surface area contributed by atoms with E-state index in [-0.39, 0.29) is 11.8 Å². The van der Waals surface area contributed by atoms with E-state index in [0.29, 0.717) is 6.42 Å². The predicted octanol–water partition coefficient (Wildman–Crippen LogP) is 0.332. The van der Waals surface area contributed by atoms with Crippen molar-refractivity contribution >= 4 is 5.91 Å².